The van der Waals surface area contributed by atoms with Gasteiger partial charge in [0, 0.05) is 35.6 Å². The predicted octanol–water partition coefficient (Wildman–Crippen LogP) is 6.11. The van der Waals surface area contributed by atoms with Crippen molar-refractivity contribution in [3.05, 3.63) is 95.1 Å². The van der Waals surface area contributed by atoms with Gasteiger partial charge < -0.3 is 9.47 Å². The van der Waals surface area contributed by atoms with Crippen LogP contribution >= 0.6 is 0 Å². The number of benzene rings is 3. The van der Waals surface area contributed by atoms with Gasteiger partial charge in [0.2, 0.25) is 0 Å². The van der Waals surface area contributed by atoms with E-state index in [2.05, 4.69) is 85.0 Å². The van der Waals surface area contributed by atoms with Crippen LogP contribution < -0.4 is 0 Å². The molecule has 2 heterocycles. The maximum Gasteiger partial charge on any atom is 0.255 e. The summed E-state index contributed by atoms with van der Waals surface area (Å²) in [6.45, 7) is 4.99. The van der Waals surface area contributed by atoms with Crippen LogP contribution in [0.2, 0.25) is 0 Å². The van der Waals surface area contributed by atoms with E-state index in [9.17, 15) is 4.79 Å². The first kappa shape index (κ1) is 18.7. The molecule has 0 radical (unpaired) electrons. The first-order chi connectivity index (χ1) is 14.6. The highest BCUT2D eigenvalue weighted by Gasteiger charge is 2.40. The van der Waals surface area contributed by atoms with Crippen LogP contribution in [-0.2, 0) is 7.05 Å². The number of aromatic nitrogens is 1. The van der Waals surface area contributed by atoms with Crippen molar-refractivity contribution in [1.82, 2.24) is 9.47 Å². The highest BCUT2D eigenvalue weighted by Crippen LogP contribution is 2.46. The minimum Gasteiger partial charge on any atom is -0.343 e. The summed E-state index contributed by atoms with van der Waals surface area (Å²) < 4.78 is 2.28. The summed E-state index contributed by atoms with van der Waals surface area (Å²) in [7, 11) is 2.13. The normalized spacial score (nSPS) is 15.8. The van der Waals surface area contributed by atoms with Gasteiger partial charge in [-0.2, -0.15) is 0 Å². The van der Waals surface area contributed by atoms with E-state index in [4.69, 9.17) is 0 Å². The Hall–Kier alpha value is -3.33. The zero-order chi connectivity index (χ0) is 20.8. The number of amides is 1. The molecule has 0 unspecified atom stereocenters. The van der Waals surface area contributed by atoms with Crippen LogP contribution in [0.4, 0.5) is 0 Å². The molecule has 5 rings (SSSR count). The molecule has 0 bridgehead atoms. The minimum absolute atomic E-state index is 0.0731. The largest absolute Gasteiger partial charge is 0.343 e. The monoisotopic (exact) mass is 394 g/mol. The lowest BCUT2D eigenvalue weighted by Crippen LogP contribution is -2.29. The maximum atomic E-state index is 13.3. The number of aryl methyl sites for hydroxylation is 2. The Balaban J connectivity index is 1.85. The van der Waals surface area contributed by atoms with E-state index in [0.717, 1.165) is 24.1 Å². The minimum atomic E-state index is -0.0731. The molecule has 1 aliphatic heterocycles. The van der Waals surface area contributed by atoms with E-state index in [1.165, 1.54) is 33.3 Å². The first-order valence-corrected chi connectivity index (χ1v) is 10.7. The highest BCUT2D eigenvalue weighted by atomic mass is 16.2. The molecule has 0 saturated carbocycles. The molecule has 0 N–H and O–H groups in total. The molecule has 30 heavy (non-hydrogen) atoms. The van der Waals surface area contributed by atoms with Crippen molar-refractivity contribution in [3.63, 3.8) is 0 Å². The van der Waals surface area contributed by atoms with Crippen molar-refractivity contribution >= 4 is 16.8 Å². The van der Waals surface area contributed by atoms with Crippen LogP contribution in [0.3, 0.4) is 0 Å². The van der Waals surface area contributed by atoms with Gasteiger partial charge in [0.15, 0.2) is 0 Å². The van der Waals surface area contributed by atoms with Gasteiger partial charge in [0.1, 0.15) is 0 Å². The van der Waals surface area contributed by atoms with Crippen molar-refractivity contribution < 1.29 is 4.79 Å². The van der Waals surface area contributed by atoms with E-state index >= 15 is 0 Å². The van der Waals surface area contributed by atoms with Crippen LogP contribution in [0, 0.1) is 6.92 Å². The zero-order valence-electron chi connectivity index (χ0n) is 17.7. The van der Waals surface area contributed by atoms with E-state index in [1.807, 2.05) is 18.2 Å². The second-order valence-corrected chi connectivity index (χ2v) is 8.19. The summed E-state index contributed by atoms with van der Waals surface area (Å²) in [6.07, 6.45) is 0.931. The van der Waals surface area contributed by atoms with Gasteiger partial charge >= 0.3 is 0 Å². The lowest BCUT2D eigenvalue weighted by atomic mass is 9.93. The lowest BCUT2D eigenvalue weighted by Gasteiger charge is -2.26. The molecule has 4 aromatic rings. The molecule has 0 spiro atoms. The molecule has 1 atom stereocenters. The third-order valence-electron chi connectivity index (χ3n) is 6.27. The molecule has 3 nitrogen and oxygen atoms in total. The molecule has 1 amide bonds. The van der Waals surface area contributed by atoms with E-state index in [-0.39, 0.29) is 11.9 Å². The van der Waals surface area contributed by atoms with Crippen molar-refractivity contribution in [2.75, 3.05) is 6.54 Å². The summed E-state index contributed by atoms with van der Waals surface area (Å²) in [5, 5.41) is 1.21. The number of carbonyl (C=O) groups excluding carboxylic acids is 1. The summed E-state index contributed by atoms with van der Waals surface area (Å²) in [6, 6.07) is 25.3. The van der Waals surface area contributed by atoms with Crippen LogP contribution in [0.25, 0.3) is 22.2 Å². The molecule has 150 valence electrons. The quantitative estimate of drug-likeness (QED) is 0.410. The second kappa shape index (κ2) is 7.17. The van der Waals surface area contributed by atoms with Gasteiger partial charge in [-0.25, -0.2) is 0 Å². The topological polar surface area (TPSA) is 25.2 Å². The molecule has 1 aliphatic rings. The van der Waals surface area contributed by atoms with Gasteiger partial charge in [-0.3, -0.25) is 4.79 Å². The van der Waals surface area contributed by atoms with E-state index < -0.39 is 0 Å². The van der Waals surface area contributed by atoms with Crippen molar-refractivity contribution in [1.29, 1.82) is 0 Å². The second-order valence-electron chi connectivity index (χ2n) is 8.19. The maximum absolute atomic E-state index is 13.3. The molecule has 1 aromatic heterocycles. The fraction of sp³-hybridized carbons (Fsp3) is 0.222. The predicted molar refractivity (Wildman–Crippen MR) is 123 cm³/mol. The molecule has 0 saturated heterocycles. The van der Waals surface area contributed by atoms with Gasteiger partial charge in [-0.05, 0) is 36.6 Å². The number of carbonyl (C=O) groups is 1. The van der Waals surface area contributed by atoms with Crippen LogP contribution in [0.5, 0.6) is 0 Å². The number of hydrogen-bond acceptors (Lipinski definition) is 1. The number of para-hydroxylation sites is 1. The van der Waals surface area contributed by atoms with Crippen LogP contribution in [0.15, 0.2) is 72.8 Å². The third kappa shape index (κ3) is 2.69. The van der Waals surface area contributed by atoms with Crippen molar-refractivity contribution in [2.24, 2.45) is 7.05 Å². The summed E-state index contributed by atoms with van der Waals surface area (Å²) in [4.78, 5) is 15.4. The van der Waals surface area contributed by atoms with Gasteiger partial charge in [0.25, 0.3) is 5.91 Å². The van der Waals surface area contributed by atoms with E-state index in [0.29, 0.717) is 0 Å². The van der Waals surface area contributed by atoms with Crippen molar-refractivity contribution in [2.45, 2.75) is 26.3 Å². The van der Waals surface area contributed by atoms with Crippen LogP contribution in [-0.4, -0.2) is 21.9 Å². The van der Waals surface area contributed by atoms with Crippen molar-refractivity contribution in [3.8, 4) is 11.3 Å². The lowest BCUT2D eigenvalue weighted by molar-refractivity contribution is 0.0751. The summed E-state index contributed by atoms with van der Waals surface area (Å²) in [5.74, 6) is 0.139. The first-order valence-electron chi connectivity index (χ1n) is 10.7. The Morgan fingerprint density at radius 1 is 0.900 bits per heavy atom. The zero-order valence-corrected chi connectivity index (χ0v) is 17.7. The standard InChI is InChI=1S/C27H26N2O/c1-4-17-29-26(20-9-5-6-10-21(20)27(29)30)24-22-11-7-8-12-23(22)28(3)25(24)19-15-13-18(2)14-16-19/h5-16,26H,4,17H2,1-3H3/t26-/m1/s1. The fourth-order valence-electron chi connectivity index (χ4n) is 4.91. The van der Waals surface area contributed by atoms with Gasteiger partial charge in [-0.15, -0.1) is 0 Å². The van der Waals surface area contributed by atoms with E-state index in [1.54, 1.807) is 0 Å². The third-order valence-corrected chi connectivity index (χ3v) is 6.27. The SMILES string of the molecule is CCCN1C(=O)c2ccccc2[C@@H]1c1c(-c2ccc(C)cc2)n(C)c2ccccc12. The number of fused-ring (bicyclic) bond motifs is 2. The Bertz CT molecular complexity index is 1250. The van der Waals surface area contributed by atoms with Crippen LogP contribution in [0.1, 0.15) is 46.4 Å². The van der Waals surface area contributed by atoms with Gasteiger partial charge in [-0.1, -0.05) is 73.2 Å². The number of hydrogen-bond donors (Lipinski definition) is 0. The molecular weight excluding hydrogens is 368 g/mol. The summed E-state index contributed by atoms with van der Waals surface area (Å²) >= 11 is 0. The Labute approximate surface area is 177 Å². The number of rotatable bonds is 4. The fourth-order valence-corrected chi connectivity index (χ4v) is 4.91. The smallest absolute Gasteiger partial charge is 0.255 e. The molecule has 3 heteroatoms. The Morgan fingerprint density at radius 2 is 1.60 bits per heavy atom. The Kier molecular flexibility index (Phi) is 4.47. The molecule has 0 fully saturated rings. The average Bonchev–Trinajstić information content (AvgIpc) is 3.21. The van der Waals surface area contributed by atoms with Gasteiger partial charge in [0.05, 0.1) is 11.7 Å². The highest BCUT2D eigenvalue weighted by molar-refractivity contribution is 6.02. The molecular formula is C27H26N2O. The number of nitrogens with zero attached hydrogens (tertiary/aromatic N) is 2. The molecule has 0 aliphatic carbocycles. The average molecular weight is 395 g/mol. The Morgan fingerprint density at radius 3 is 2.37 bits per heavy atom. The molecule has 3 aromatic carbocycles. The summed E-state index contributed by atoms with van der Waals surface area (Å²) in [5.41, 5.74) is 7.97.